The summed E-state index contributed by atoms with van der Waals surface area (Å²) in [5.41, 5.74) is 2.07. The standard InChI is InChI=1S/C16H22ClN3O/c1-12-11-20(9-6-10-21-3)16(18-12)19-13(2)14-7-4-5-8-15(14)17/h4-5,7-8,11,13H,6,9-10H2,1-3H3,(H,18,19). The molecule has 5 heteroatoms. The van der Waals surface area contributed by atoms with E-state index in [-0.39, 0.29) is 6.04 Å². The van der Waals surface area contributed by atoms with Crippen LogP contribution in [0.3, 0.4) is 0 Å². The van der Waals surface area contributed by atoms with Gasteiger partial charge in [0.1, 0.15) is 0 Å². The largest absolute Gasteiger partial charge is 0.385 e. The molecule has 0 aliphatic carbocycles. The van der Waals surface area contributed by atoms with Crippen molar-refractivity contribution in [2.75, 3.05) is 19.0 Å². The highest BCUT2D eigenvalue weighted by Gasteiger charge is 2.12. The smallest absolute Gasteiger partial charge is 0.203 e. The van der Waals surface area contributed by atoms with Gasteiger partial charge >= 0.3 is 0 Å². The molecule has 21 heavy (non-hydrogen) atoms. The van der Waals surface area contributed by atoms with Gasteiger partial charge in [0.2, 0.25) is 5.95 Å². The van der Waals surface area contributed by atoms with E-state index in [0.29, 0.717) is 0 Å². The fourth-order valence-corrected chi connectivity index (χ4v) is 2.61. The average molecular weight is 308 g/mol. The van der Waals surface area contributed by atoms with E-state index in [1.807, 2.05) is 31.2 Å². The van der Waals surface area contributed by atoms with Crippen molar-refractivity contribution < 1.29 is 4.74 Å². The van der Waals surface area contributed by atoms with Gasteiger partial charge in [0, 0.05) is 31.5 Å². The highest BCUT2D eigenvalue weighted by molar-refractivity contribution is 6.31. The number of aromatic nitrogens is 2. The third-order valence-corrected chi connectivity index (χ3v) is 3.71. The molecule has 1 atom stereocenters. The first-order valence-corrected chi connectivity index (χ1v) is 7.53. The number of hydrogen-bond donors (Lipinski definition) is 1. The quantitative estimate of drug-likeness (QED) is 0.784. The maximum atomic E-state index is 6.25. The summed E-state index contributed by atoms with van der Waals surface area (Å²) in [6, 6.07) is 7.97. The van der Waals surface area contributed by atoms with Crippen LogP contribution in [0.25, 0.3) is 0 Å². The first-order chi connectivity index (χ1) is 10.1. The predicted molar refractivity (Wildman–Crippen MR) is 86.9 cm³/mol. The molecule has 1 unspecified atom stereocenters. The summed E-state index contributed by atoms with van der Waals surface area (Å²) in [5.74, 6) is 0.871. The van der Waals surface area contributed by atoms with Crippen LogP contribution >= 0.6 is 11.6 Å². The van der Waals surface area contributed by atoms with Crippen LogP contribution in [0.4, 0.5) is 5.95 Å². The summed E-state index contributed by atoms with van der Waals surface area (Å²) in [6.45, 7) is 5.71. The molecule has 4 nitrogen and oxygen atoms in total. The van der Waals surface area contributed by atoms with Gasteiger partial charge < -0.3 is 14.6 Å². The van der Waals surface area contributed by atoms with Crippen LogP contribution in [0.2, 0.25) is 5.02 Å². The van der Waals surface area contributed by atoms with Crippen LogP contribution in [-0.4, -0.2) is 23.3 Å². The minimum absolute atomic E-state index is 0.0988. The van der Waals surface area contributed by atoms with E-state index in [2.05, 4.69) is 28.0 Å². The summed E-state index contributed by atoms with van der Waals surface area (Å²) < 4.78 is 7.23. The van der Waals surface area contributed by atoms with Crippen LogP contribution in [0.1, 0.15) is 30.6 Å². The topological polar surface area (TPSA) is 39.1 Å². The zero-order valence-electron chi connectivity index (χ0n) is 12.8. The van der Waals surface area contributed by atoms with Crippen LogP contribution in [-0.2, 0) is 11.3 Å². The van der Waals surface area contributed by atoms with E-state index >= 15 is 0 Å². The number of aryl methyl sites for hydroxylation is 2. The molecule has 1 aromatic heterocycles. The molecule has 1 N–H and O–H groups in total. The molecule has 2 aromatic rings. The molecular weight excluding hydrogens is 286 g/mol. The number of benzene rings is 1. The van der Waals surface area contributed by atoms with Crippen LogP contribution in [0, 0.1) is 6.92 Å². The van der Waals surface area contributed by atoms with Crippen LogP contribution in [0.15, 0.2) is 30.5 Å². The van der Waals surface area contributed by atoms with Gasteiger partial charge in [-0.05, 0) is 31.9 Å². The van der Waals surface area contributed by atoms with Crippen molar-refractivity contribution in [1.29, 1.82) is 0 Å². The number of anilines is 1. The van der Waals surface area contributed by atoms with Gasteiger partial charge in [0.25, 0.3) is 0 Å². The Morgan fingerprint density at radius 3 is 2.86 bits per heavy atom. The highest BCUT2D eigenvalue weighted by Crippen LogP contribution is 2.25. The van der Waals surface area contributed by atoms with E-state index in [4.69, 9.17) is 16.3 Å². The molecule has 0 bridgehead atoms. The molecule has 0 radical (unpaired) electrons. The van der Waals surface area contributed by atoms with Crippen molar-refractivity contribution in [1.82, 2.24) is 9.55 Å². The fraction of sp³-hybridized carbons (Fsp3) is 0.438. The Balaban J connectivity index is 2.10. The number of halogens is 1. The number of ether oxygens (including phenoxy) is 1. The van der Waals surface area contributed by atoms with E-state index in [0.717, 1.165) is 41.8 Å². The summed E-state index contributed by atoms with van der Waals surface area (Å²) in [6.07, 6.45) is 3.01. The molecule has 0 fully saturated rings. The molecule has 2 rings (SSSR count). The molecule has 0 amide bonds. The first kappa shape index (κ1) is 15.9. The van der Waals surface area contributed by atoms with Gasteiger partial charge in [-0.15, -0.1) is 0 Å². The minimum atomic E-state index is 0.0988. The minimum Gasteiger partial charge on any atom is -0.385 e. The summed E-state index contributed by atoms with van der Waals surface area (Å²) >= 11 is 6.25. The molecule has 0 spiro atoms. The second kappa shape index (κ2) is 7.48. The first-order valence-electron chi connectivity index (χ1n) is 7.15. The zero-order valence-corrected chi connectivity index (χ0v) is 13.5. The average Bonchev–Trinajstić information content (AvgIpc) is 2.79. The number of imidazole rings is 1. The van der Waals surface area contributed by atoms with Gasteiger partial charge in [-0.2, -0.15) is 0 Å². The van der Waals surface area contributed by atoms with Crippen molar-refractivity contribution in [3.8, 4) is 0 Å². The summed E-state index contributed by atoms with van der Waals surface area (Å²) in [7, 11) is 1.72. The van der Waals surface area contributed by atoms with E-state index in [1.165, 1.54) is 0 Å². The monoisotopic (exact) mass is 307 g/mol. The van der Waals surface area contributed by atoms with Crippen molar-refractivity contribution in [2.24, 2.45) is 0 Å². The molecule has 1 aromatic carbocycles. The Hall–Kier alpha value is -1.52. The molecule has 0 saturated carbocycles. The highest BCUT2D eigenvalue weighted by atomic mass is 35.5. The summed E-state index contributed by atoms with van der Waals surface area (Å²) in [5, 5.41) is 4.21. The van der Waals surface area contributed by atoms with Crippen molar-refractivity contribution in [3.05, 3.63) is 46.7 Å². The van der Waals surface area contributed by atoms with Gasteiger partial charge in [-0.25, -0.2) is 4.98 Å². The lowest BCUT2D eigenvalue weighted by atomic mass is 10.1. The number of rotatable bonds is 7. The third-order valence-electron chi connectivity index (χ3n) is 3.36. The lowest BCUT2D eigenvalue weighted by Gasteiger charge is -2.17. The van der Waals surface area contributed by atoms with E-state index in [1.54, 1.807) is 7.11 Å². The summed E-state index contributed by atoms with van der Waals surface area (Å²) in [4.78, 5) is 4.55. The molecular formula is C16H22ClN3O. The Morgan fingerprint density at radius 2 is 2.14 bits per heavy atom. The third kappa shape index (κ3) is 4.22. The van der Waals surface area contributed by atoms with E-state index < -0.39 is 0 Å². The van der Waals surface area contributed by atoms with Gasteiger partial charge in [0.05, 0.1) is 11.7 Å². The van der Waals surface area contributed by atoms with Gasteiger partial charge in [-0.3, -0.25) is 0 Å². The second-order valence-corrected chi connectivity index (χ2v) is 5.54. The molecule has 0 saturated heterocycles. The van der Waals surface area contributed by atoms with Crippen LogP contribution < -0.4 is 5.32 Å². The molecule has 1 heterocycles. The van der Waals surface area contributed by atoms with Crippen molar-refractivity contribution >= 4 is 17.5 Å². The molecule has 0 aliphatic heterocycles. The maximum Gasteiger partial charge on any atom is 0.203 e. The predicted octanol–water partition coefficient (Wildman–Crippen LogP) is 4.05. The van der Waals surface area contributed by atoms with E-state index in [9.17, 15) is 0 Å². The fourth-order valence-electron chi connectivity index (χ4n) is 2.31. The van der Waals surface area contributed by atoms with Crippen molar-refractivity contribution in [3.63, 3.8) is 0 Å². The number of nitrogens with one attached hydrogen (secondary N) is 1. The Morgan fingerprint density at radius 1 is 1.38 bits per heavy atom. The Labute approximate surface area is 131 Å². The van der Waals surface area contributed by atoms with Gasteiger partial charge in [-0.1, -0.05) is 29.8 Å². The zero-order chi connectivity index (χ0) is 15.2. The number of hydrogen-bond acceptors (Lipinski definition) is 3. The molecule has 114 valence electrons. The number of methoxy groups -OCH3 is 1. The second-order valence-electron chi connectivity index (χ2n) is 5.13. The Kier molecular flexibility index (Phi) is 5.65. The van der Waals surface area contributed by atoms with Crippen LogP contribution in [0.5, 0.6) is 0 Å². The lowest BCUT2D eigenvalue weighted by molar-refractivity contribution is 0.190. The SMILES string of the molecule is COCCCn1cc(C)nc1NC(C)c1ccccc1Cl. The van der Waals surface area contributed by atoms with Crippen molar-refractivity contribution in [2.45, 2.75) is 32.9 Å². The lowest BCUT2D eigenvalue weighted by Crippen LogP contribution is -2.12. The normalized spacial score (nSPS) is 12.4. The molecule has 0 aliphatic rings. The maximum absolute atomic E-state index is 6.25. The number of nitrogens with zero attached hydrogens (tertiary/aromatic N) is 2. The Bertz CT molecular complexity index is 583. The van der Waals surface area contributed by atoms with Gasteiger partial charge in [0.15, 0.2) is 0 Å².